The number of halogens is 1. The summed E-state index contributed by atoms with van der Waals surface area (Å²) < 4.78 is 40.2. The van der Waals surface area contributed by atoms with Gasteiger partial charge in [0, 0.05) is 44.3 Å². The molecule has 0 spiro atoms. The van der Waals surface area contributed by atoms with Crippen molar-refractivity contribution in [1.82, 2.24) is 14.1 Å². The van der Waals surface area contributed by atoms with Gasteiger partial charge >= 0.3 is 0 Å². The monoisotopic (exact) mass is 583 g/mol. The van der Waals surface area contributed by atoms with Crippen LogP contribution in [0.5, 0.6) is 11.5 Å². The van der Waals surface area contributed by atoms with E-state index in [2.05, 4.69) is 4.90 Å². The van der Waals surface area contributed by atoms with Crippen LogP contribution in [0.15, 0.2) is 59.5 Å². The molecule has 5 rings (SSSR count). The smallest absolute Gasteiger partial charge is 0.244 e. The number of nitrogens with zero attached hydrogens (tertiary/aromatic N) is 3. The maximum absolute atomic E-state index is 14.0. The van der Waals surface area contributed by atoms with E-state index < -0.39 is 10.0 Å². The number of sulfonamides is 1. The number of fused-ring (bicyclic) bond motifs is 1. The summed E-state index contributed by atoms with van der Waals surface area (Å²) in [5, 5.41) is 0.568. The van der Waals surface area contributed by atoms with Gasteiger partial charge in [-0.25, -0.2) is 8.42 Å². The molecule has 0 radical (unpaired) electrons. The van der Waals surface area contributed by atoms with Crippen LogP contribution in [0.2, 0.25) is 5.02 Å². The van der Waals surface area contributed by atoms with Gasteiger partial charge in [0.25, 0.3) is 0 Å². The first-order chi connectivity index (χ1) is 19.1. The van der Waals surface area contributed by atoms with Crippen molar-refractivity contribution in [3.63, 3.8) is 0 Å². The normalized spacial score (nSPS) is 15.6. The lowest BCUT2D eigenvalue weighted by Crippen LogP contribution is -2.51. The average Bonchev–Trinajstić information content (AvgIpc) is 3.37. The summed E-state index contributed by atoms with van der Waals surface area (Å²) >= 11 is 6.06. The van der Waals surface area contributed by atoms with Crippen molar-refractivity contribution >= 4 is 27.5 Å². The first kappa shape index (κ1) is 28.4. The highest BCUT2D eigenvalue weighted by molar-refractivity contribution is 7.89. The third-order valence-electron chi connectivity index (χ3n) is 7.35. The Labute approximate surface area is 241 Å². The molecule has 0 N–H and O–H groups in total. The number of amides is 1. The van der Waals surface area contributed by atoms with E-state index in [1.54, 1.807) is 43.0 Å². The topological polar surface area (TPSA) is 79.4 Å². The molecule has 40 heavy (non-hydrogen) atoms. The number of hydrogen-bond acceptors (Lipinski definition) is 6. The molecule has 3 aromatic carbocycles. The molecular formula is C30H34ClN3O5S. The second kappa shape index (κ2) is 11.8. The van der Waals surface area contributed by atoms with Crippen molar-refractivity contribution in [2.45, 2.75) is 38.8 Å². The highest BCUT2D eigenvalue weighted by Gasteiger charge is 2.32. The molecule has 2 heterocycles. The Hall–Kier alpha value is -3.11. The van der Waals surface area contributed by atoms with Gasteiger partial charge in [0.15, 0.2) is 11.5 Å². The fourth-order valence-corrected chi connectivity index (χ4v) is 7.34. The van der Waals surface area contributed by atoms with Gasteiger partial charge in [0.2, 0.25) is 22.7 Å². The Morgan fingerprint density at radius 2 is 1.50 bits per heavy atom. The van der Waals surface area contributed by atoms with E-state index in [1.807, 2.05) is 37.3 Å². The third-order valence-corrected chi connectivity index (χ3v) is 9.70. The summed E-state index contributed by atoms with van der Waals surface area (Å²) in [6.07, 6.45) is 0. The second-order valence-corrected chi connectivity index (χ2v) is 12.8. The van der Waals surface area contributed by atoms with Gasteiger partial charge in [0.1, 0.15) is 0 Å². The molecule has 1 amide bonds. The Balaban J connectivity index is 1.29. The lowest BCUT2D eigenvalue weighted by atomic mass is 10.1. The third kappa shape index (κ3) is 6.28. The molecule has 2 aliphatic heterocycles. The molecule has 0 atom stereocenters. The molecule has 212 valence electrons. The van der Waals surface area contributed by atoms with Gasteiger partial charge in [0.05, 0.1) is 11.4 Å². The van der Waals surface area contributed by atoms with Crippen LogP contribution in [0.25, 0.3) is 0 Å². The van der Waals surface area contributed by atoms with Crippen LogP contribution < -0.4 is 9.47 Å². The minimum atomic E-state index is -3.96. The number of aryl methyl sites for hydroxylation is 3. The van der Waals surface area contributed by atoms with Crippen molar-refractivity contribution < 1.29 is 22.7 Å². The Morgan fingerprint density at radius 3 is 2.17 bits per heavy atom. The standard InChI is InChI=1S/C30H34ClN3O5S/c1-21-14-22(2)30(23(3)15-21)40(36,37)34(18-24-4-7-26(31)8-5-24)19-29(35)33-12-10-32(11-13-33)17-25-6-9-27-28(16-25)39-20-38-27/h4-9,14-16H,10-13,17-20H2,1-3H3. The summed E-state index contributed by atoms with van der Waals surface area (Å²) in [6.45, 7) is 8.81. The lowest BCUT2D eigenvalue weighted by Gasteiger charge is -2.36. The molecular weight excluding hydrogens is 550 g/mol. The largest absolute Gasteiger partial charge is 0.454 e. The van der Waals surface area contributed by atoms with Crippen LogP contribution in [-0.2, 0) is 27.9 Å². The van der Waals surface area contributed by atoms with Gasteiger partial charge < -0.3 is 14.4 Å². The highest BCUT2D eigenvalue weighted by atomic mass is 35.5. The number of hydrogen-bond donors (Lipinski definition) is 0. The predicted octanol–water partition coefficient (Wildman–Crippen LogP) is 4.53. The van der Waals surface area contributed by atoms with Crippen LogP contribution >= 0.6 is 11.6 Å². The number of rotatable bonds is 8. The fraction of sp³-hybridized carbons (Fsp3) is 0.367. The van der Waals surface area contributed by atoms with E-state index in [4.69, 9.17) is 21.1 Å². The SMILES string of the molecule is Cc1cc(C)c(S(=O)(=O)N(CC(=O)N2CCN(Cc3ccc4c(c3)OCO4)CC2)Cc2ccc(Cl)cc2)c(C)c1. The van der Waals surface area contributed by atoms with E-state index >= 15 is 0 Å². The van der Waals surface area contributed by atoms with Crippen LogP contribution in [0.3, 0.4) is 0 Å². The van der Waals surface area contributed by atoms with E-state index in [1.165, 1.54) is 4.31 Å². The molecule has 8 nitrogen and oxygen atoms in total. The second-order valence-electron chi connectivity index (χ2n) is 10.5. The van der Waals surface area contributed by atoms with Gasteiger partial charge in [-0.05, 0) is 67.3 Å². The van der Waals surface area contributed by atoms with E-state index in [9.17, 15) is 13.2 Å². The Kier molecular flexibility index (Phi) is 8.37. The first-order valence-corrected chi connectivity index (χ1v) is 15.1. The zero-order valence-electron chi connectivity index (χ0n) is 23.0. The fourth-order valence-electron chi connectivity index (χ4n) is 5.43. The van der Waals surface area contributed by atoms with E-state index in [-0.39, 0.29) is 30.7 Å². The number of carbonyl (C=O) groups excluding carboxylic acids is 1. The summed E-state index contributed by atoms with van der Waals surface area (Å²) in [4.78, 5) is 17.8. The molecule has 2 aliphatic rings. The maximum atomic E-state index is 14.0. The summed E-state index contributed by atoms with van der Waals surface area (Å²) in [5.41, 5.74) is 4.21. The van der Waals surface area contributed by atoms with Gasteiger partial charge in [-0.2, -0.15) is 4.31 Å². The molecule has 3 aromatic rings. The number of piperazine rings is 1. The minimum Gasteiger partial charge on any atom is -0.454 e. The number of benzene rings is 3. The van der Waals surface area contributed by atoms with Crippen LogP contribution in [0.1, 0.15) is 27.8 Å². The Bertz CT molecular complexity index is 1480. The summed E-state index contributed by atoms with van der Waals surface area (Å²) in [6, 6.07) is 16.7. The van der Waals surface area contributed by atoms with Crippen molar-refractivity contribution in [1.29, 1.82) is 0 Å². The quantitative estimate of drug-likeness (QED) is 0.388. The van der Waals surface area contributed by atoms with E-state index in [0.29, 0.717) is 42.3 Å². The van der Waals surface area contributed by atoms with Crippen LogP contribution in [0, 0.1) is 20.8 Å². The summed E-state index contributed by atoms with van der Waals surface area (Å²) in [7, 11) is -3.96. The molecule has 1 saturated heterocycles. The van der Waals surface area contributed by atoms with Gasteiger partial charge in [-0.3, -0.25) is 9.69 Å². The number of ether oxygens (including phenoxy) is 2. The van der Waals surface area contributed by atoms with Crippen molar-refractivity contribution in [2.24, 2.45) is 0 Å². The Morgan fingerprint density at radius 1 is 0.875 bits per heavy atom. The van der Waals surface area contributed by atoms with E-state index in [0.717, 1.165) is 34.7 Å². The highest BCUT2D eigenvalue weighted by Crippen LogP contribution is 2.33. The molecule has 0 bridgehead atoms. The molecule has 0 saturated carbocycles. The van der Waals surface area contributed by atoms with Gasteiger partial charge in [-0.15, -0.1) is 0 Å². The van der Waals surface area contributed by atoms with Crippen molar-refractivity contribution in [3.8, 4) is 11.5 Å². The average molecular weight is 584 g/mol. The molecule has 1 fully saturated rings. The predicted molar refractivity (Wildman–Crippen MR) is 154 cm³/mol. The molecule has 0 unspecified atom stereocenters. The maximum Gasteiger partial charge on any atom is 0.244 e. The molecule has 10 heteroatoms. The molecule has 0 aromatic heterocycles. The van der Waals surface area contributed by atoms with Gasteiger partial charge in [-0.1, -0.05) is 47.5 Å². The van der Waals surface area contributed by atoms with Crippen LogP contribution in [-0.4, -0.2) is 67.9 Å². The number of carbonyl (C=O) groups is 1. The summed E-state index contributed by atoms with van der Waals surface area (Å²) in [5.74, 6) is 1.31. The first-order valence-electron chi connectivity index (χ1n) is 13.3. The van der Waals surface area contributed by atoms with Crippen LogP contribution in [0.4, 0.5) is 0 Å². The molecule has 0 aliphatic carbocycles. The lowest BCUT2D eigenvalue weighted by molar-refractivity contribution is -0.133. The zero-order valence-corrected chi connectivity index (χ0v) is 24.6. The van der Waals surface area contributed by atoms with Crippen molar-refractivity contribution in [3.05, 3.63) is 87.4 Å². The minimum absolute atomic E-state index is 0.0715. The van der Waals surface area contributed by atoms with Crippen molar-refractivity contribution in [2.75, 3.05) is 39.5 Å². The zero-order chi connectivity index (χ0) is 28.4.